The molecule has 3 unspecified atom stereocenters. The second-order valence-corrected chi connectivity index (χ2v) is 12.1. The second-order valence-electron chi connectivity index (χ2n) is 10.1. The minimum atomic E-state index is -3.22. The van der Waals surface area contributed by atoms with Gasteiger partial charge in [-0.3, -0.25) is 4.98 Å². The summed E-state index contributed by atoms with van der Waals surface area (Å²) in [6, 6.07) is 10.4. The highest BCUT2D eigenvalue weighted by Crippen LogP contribution is 2.63. The molecule has 1 amide bonds. The van der Waals surface area contributed by atoms with Gasteiger partial charge in [-0.1, -0.05) is 19.1 Å². The van der Waals surface area contributed by atoms with Gasteiger partial charge in [-0.15, -0.1) is 0 Å². The molecule has 2 fully saturated rings. The number of piperidine rings is 1. The van der Waals surface area contributed by atoms with Crippen LogP contribution in [0, 0.1) is 17.3 Å². The highest BCUT2D eigenvalue weighted by Gasteiger charge is 2.67. The maximum atomic E-state index is 12.3. The molecule has 0 radical (unpaired) electrons. The van der Waals surface area contributed by atoms with Crippen LogP contribution in [0.1, 0.15) is 27.7 Å². The number of aromatic nitrogens is 1. The van der Waals surface area contributed by atoms with Crippen molar-refractivity contribution in [3.63, 3.8) is 0 Å². The number of benzene rings is 1. The van der Waals surface area contributed by atoms with E-state index in [0.717, 1.165) is 11.3 Å². The van der Waals surface area contributed by atoms with E-state index >= 15 is 0 Å². The third-order valence-corrected chi connectivity index (χ3v) is 7.54. The molecule has 0 spiro atoms. The maximum absolute atomic E-state index is 12.3. The van der Waals surface area contributed by atoms with Gasteiger partial charge in [0, 0.05) is 30.8 Å². The van der Waals surface area contributed by atoms with E-state index in [0.29, 0.717) is 37.3 Å². The van der Waals surface area contributed by atoms with Crippen molar-refractivity contribution in [1.82, 2.24) is 9.88 Å². The van der Waals surface area contributed by atoms with Crippen LogP contribution in [-0.2, 0) is 14.6 Å². The number of amides is 1. The van der Waals surface area contributed by atoms with E-state index in [2.05, 4.69) is 11.9 Å². The van der Waals surface area contributed by atoms with Gasteiger partial charge >= 0.3 is 6.09 Å². The van der Waals surface area contributed by atoms with Gasteiger partial charge in [0.15, 0.2) is 9.84 Å². The Kier molecular flexibility index (Phi) is 5.48. The number of ether oxygens (including phenoxy) is 2. The third-order valence-electron chi connectivity index (χ3n) is 6.42. The van der Waals surface area contributed by atoms with Crippen molar-refractivity contribution >= 4 is 15.9 Å². The van der Waals surface area contributed by atoms with Gasteiger partial charge in [-0.2, -0.15) is 0 Å². The van der Waals surface area contributed by atoms with Crippen molar-refractivity contribution in [2.45, 2.75) is 38.2 Å². The van der Waals surface area contributed by atoms with Crippen molar-refractivity contribution in [3.05, 3.63) is 42.6 Å². The van der Waals surface area contributed by atoms with Crippen molar-refractivity contribution in [2.75, 3.05) is 26.0 Å². The molecule has 1 aromatic carbocycles. The fourth-order valence-corrected chi connectivity index (χ4v) is 5.15. The number of sulfone groups is 1. The minimum Gasteiger partial charge on any atom is -0.492 e. The average molecular weight is 459 g/mol. The first-order chi connectivity index (χ1) is 14.9. The van der Waals surface area contributed by atoms with E-state index < -0.39 is 15.4 Å². The summed E-state index contributed by atoms with van der Waals surface area (Å²) in [6.45, 7) is 9.84. The number of carbonyl (C=O) groups is 1. The summed E-state index contributed by atoms with van der Waals surface area (Å²) >= 11 is 0. The lowest BCUT2D eigenvalue weighted by Crippen LogP contribution is -2.38. The lowest BCUT2D eigenvalue weighted by Gasteiger charge is -2.27. The number of fused-ring (bicyclic) bond motifs is 1. The summed E-state index contributed by atoms with van der Waals surface area (Å²) in [5.74, 6) is 1.53. The van der Waals surface area contributed by atoms with Crippen LogP contribution in [0.25, 0.3) is 11.3 Å². The Morgan fingerprint density at radius 2 is 1.88 bits per heavy atom. The highest BCUT2D eigenvalue weighted by atomic mass is 32.2. The lowest BCUT2D eigenvalue weighted by atomic mass is 10.1. The molecule has 8 heteroatoms. The normalized spacial score (nSPS) is 24.7. The molecule has 1 saturated heterocycles. The molecule has 172 valence electrons. The number of hydrogen-bond acceptors (Lipinski definition) is 6. The molecule has 2 aliphatic rings. The fraction of sp³-hybridized carbons (Fsp3) is 0.500. The zero-order valence-electron chi connectivity index (χ0n) is 19.2. The van der Waals surface area contributed by atoms with Crippen LogP contribution in [0.3, 0.4) is 0 Å². The first kappa shape index (κ1) is 22.6. The summed E-state index contributed by atoms with van der Waals surface area (Å²) in [5, 5.41) is 0. The van der Waals surface area contributed by atoms with E-state index in [1.807, 2.05) is 32.9 Å². The van der Waals surface area contributed by atoms with Crippen molar-refractivity contribution in [3.8, 4) is 17.0 Å². The molecule has 7 nitrogen and oxygen atoms in total. The van der Waals surface area contributed by atoms with E-state index in [-0.39, 0.29) is 16.4 Å². The molecule has 0 bridgehead atoms. The number of hydrogen-bond donors (Lipinski definition) is 0. The van der Waals surface area contributed by atoms with Crippen LogP contribution in [0.4, 0.5) is 4.79 Å². The van der Waals surface area contributed by atoms with E-state index in [9.17, 15) is 13.2 Å². The summed E-state index contributed by atoms with van der Waals surface area (Å²) < 4.78 is 34.7. The van der Waals surface area contributed by atoms with Gasteiger partial charge in [0.05, 0.1) is 23.4 Å². The van der Waals surface area contributed by atoms with Crippen molar-refractivity contribution in [2.24, 2.45) is 17.3 Å². The van der Waals surface area contributed by atoms with E-state index in [1.165, 1.54) is 6.26 Å². The van der Waals surface area contributed by atoms with Crippen LogP contribution in [0.15, 0.2) is 47.5 Å². The molecular formula is C24H30N2O5S. The number of nitrogens with zero attached hydrogens (tertiary/aromatic N) is 2. The number of rotatable bonds is 5. The minimum absolute atomic E-state index is 0.0750. The molecule has 3 atom stereocenters. The monoisotopic (exact) mass is 458 g/mol. The van der Waals surface area contributed by atoms with Gasteiger partial charge in [-0.05, 0) is 56.4 Å². The second kappa shape index (κ2) is 7.76. The topological polar surface area (TPSA) is 85.8 Å². The van der Waals surface area contributed by atoms with Gasteiger partial charge in [-0.25, -0.2) is 13.2 Å². The van der Waals surface area contributed by atoms with Gasteiger partial charge in [0.2, 0.25) is 0 Å². The van der Waals surface area contributed by atoms with Crippen LogP contribution in [0.2, 0.25) is 0 Å². The van der Waals surface area contributed by atoms with Crippen LogP contribution in [-0.4, -0.2) is 55.9 Å². The first-order valence-electron chi connectivity index (χ1n) is 10.7. The third kappa shape index (κ3) is 4.60. The van der Waals surface area contributed by atoms with Gasteiger partial charge in [0.1, 0.15) is 11.4 Å². The first-order valence-corrected chi connectivity index (χ1v) is 12.6. The Morgan fingerprint density at radius 1 is 1.19 bits per heavy atom. The number of pyridine rings is 1. The zero-order valence-corrected chi connectivity index (χ0v) is 20.0. The lowest BCUT2D eigenvalue weighted by molar-refractivity contribution is 0.0246. The highest BCUT2D eigenvalue weighted by molar-refractivity contribution is 7.90. The predicted octanol–water partition coefficient (Wildman–Crippen LogP) is 4.03. The molecular weight excluding hydrogens is 428 g/mol. The van der Waals surface area contributed by atoms with E-state index in [4.69, 9.17) is 9.47 Å². The predicted molar refractivity (Wildman–Crippen MR) is 121 cm³/mol. The Bertz CT molecular complexity index is 1110. The summed E-state index contributed by atoms with van der Waals surface area (Å²) in [4.78, 5) is 18.9. The summed E-state index contributed by atoms with van der Waals surface area (Å²) in [7, 11) is -3.22. The molecule has 32 heavy (non-hydrogen) atoms. The van der Waals surface area contributed by atoms with Crippen molar-refractivity contribution < 1.29 is 22.7 Å². The van der Waals surface area contributed by atoms with Crippen LogP contribution < -0.4 is 4.74 Å². The van der Waals surface area contributed by atoms with Gasteiger partial charge < -0.3 is 14.4 Å². The Labute approximate surface area is 189 Å². The smallest absolute Gasteiger partial charge is 0.410 e. The largest absolute Gasteiger partial charge is 0.492 e. The molecule has 1 aromatic heterocycles. The molecule has 4 rings (SSSR count). The Morgan fingerprint density at radius 3 is 2.38 bits per heavy atom. The van der Waals surface area contributed by atoms with E-state index in [1.54, 1.807) is 35.4 Å². The average Bonchev–Trinajstić information content (AvgIpc) is 3.06. The molecule has 2 aromatic rings. The molecule has 1 saturated carbocycles. The fourth-order valence-electron chi connectivity index (χ4n) is 4.51. The molecule has 1 aliphatic heterocycles. The quantitative estimate of drug-likeness (QED) is 0.672. The van der Waals surface area contributed by atoms with Crippen molar-refractivity contribution in [1.29, 1.82) is 0 Å². The van der Waals surface area contributed by atoms with Gasteiger partial charge in [0.25, 0.3) is 0 Å². The number of carbonyl (C=O) groups excluding carboxylic acids is 1. The number of likely N-dealkylation sites (tertiary alicyclic amines) is 1. The summed E-state index contributed by atoms with van der Waals surface area (Å²) in [6.07, 6.45) is 2.64. The maximum Gasteiger partial charge on any atom is 0.410 e. The zero-order chi connectivity index (χ0) is 23.3. The molecule has 2 heterocycles. The van der Waals surface area contributed by atoms with Crippen LogP contribution in [0.5, 0.6) is 5.75 Å². The molecule has 1 aliphatic carbocycles. The SMILES string of the molecule is CC(C)(C)OC(=O)N1CC2C(COc3ccc(-c4ccc(S(C)(=O)=O)cc4)nc3)C2(C)C1. The Balaban J connectivity index is 1.30. The standard InChI is InChI=1S/C24H30N2O5S/c1-23(2,3)31-22(27)26-13-19-20(24(19,4)15-26)14-30-17-8-11-21(25-12-17)16-6-9-18(10-7-16)32(5,28)29/h6-12,19-20H,13-15H2,1-5H3. The van der Waals surface area contributed by atoms with Crippen LogP contribution >= 0.6 is 0 Å². The Hall–Kier alpha value is -2.61. The molecule has 0 N–H and O–H groups in total. The summed E-state index contributed by atoms with van der Waals surface area (Å²) in [5.41, 5.74) is 1.18.